The summed E-state index contributed by atoms with van der Waals surface area (Å²) in [7, 11) is 4.76. The third-order valence-corrected chi connectivity index (χ3v) is 2.89. The molecule has 0 amide bonds. The molecule has 1 unspecified atom stereocenters. The summed E-state index contributed by atoms with van der Waals surface area (Å²) >= 11 is 0. The molecule has 0 saturated carbocycles. The van der Waals surface area contributed by atoms with Gasteiger partial charge in [0.05, 0.1) is 18.7 Å². The Morgan fingerprint density at radius 1 is 1.26 bits per heavy atom. The monoisotopic (exact) mass is 264 g/mol. The van der Waals surface area contributed by atoms with Crippen LogP contribution in [-0.2, 0) is 16.0 Å². The molecule has 0 spiro atoms. The number of rotatable bonds is 7. The maximum absolute atomic E-state index is 9.03. The summed E-state index contributed by atoms with van der Waals surface area (Å²) in [5.74, 6) is 0.589. The Hall–Kier alpha value is -1.61. The van der Waals surface area contributed by atoms with E-state index in [0.717, 1.165) is 5.56 Å². The molecule has 0 saturated heterocycles. The highest BCUT2D eigenvalue weighted by molar-refractivity contribution is 5.45. The number of ether oxygens (including phenoxy) is 3. The van der Waals surface area contributed by atoms with Gasteiger partial charge in [0.1, 0.15) is 11.8 Å². The second kappa shape index (κ2) is 7.74. The van der Waals surface area contributed by atoms with Gasteiger partial charge >= 0.3 is 0 Å². The van der Waals surface area contributed by atoms with Gasteiger partial charge in [0, 0.05) is 20.8 Å². The SMILES string of the molecule is COc1ccc(CNC(C)C(OC)OC)cc1C#N. The summed E-state index contributed by atoms with van der Waals surface area (Å²) in [6, 6.07) is 7.69. The van der Waals surface area contributed by atoms with E-state index in [-0.39, 0.29) is 12.3 Å². The fourth-order valence-electron chi connectivity index (χ4n) is 1.83. The normalized spacial score (nSPS) is 12.2. The van der Waals surface area contributed by atoms with E-state index < -0.39 is 0 Å². The zero-order chi connectivity index (χ0) is 14.3. The van der Waals surface area contributed by atoms with Gasteiger partial charge in [0.25, 0.3) is 0 Å². The smallest absolute Gasteiger partial charge is 0.171 e. The molecule has 0 aliphatic carbocycles. The van der Waals surface area contributed by atoms with Gasteiger partial charge in [0.2, 0.25) is 0 Å². The number of nitrogens with zero attached hydrogens (tertiary/aromatic N) is 1. The molecule has 0 aliphatic rings. The van der Waals surface area contributed by atoms with Crippen molar-refractivity contribution in [3.05, 3.63) is 29.3 Å². The number of nitrogens with one attached hydrogen (secondary N) is 1. The van der Waals surface area contributed by atoms with Crippen LogP contribution in [0.2, 0.25) is 0 Å². The van der Waals surface area contributed by atoms with Crippen molar-refractivity contribution in [3.63, 3.8) is 0 Å². The van der Waals surface area contributed by atoms with Gasteiger partial charge in [-0.25, -0.2) is 0 Å². The van der Waals surface area contributed by atoms with Crippen molar-refractivity contribution < 1.29 is 14.2 Å². The zero-order valence-corrected chi connectivity index (χ0v) is 11.8. The topological polar surface area (TPSA) is 63.5 Å². The highest BCUT2D eigenvalue weighted by atomic mass is 16.7. The van der Waals surface area contributed by atoms with Crippen molar-refractivity contribution in [2.24, 2.45) is 0 Å². The van der Waals surface area contributed by atoms with Crippen LogP contribution in [0, 0.1) is 11.3 Å². The number of benzene rings is 1. The minimum Gasteiger partial charge on any atom is -0.495 e. The molecule has 19 heavy (non-hydrogen) atoms. The first kappa shape index (κ1) is 15.4. The third kappa shape index (κ3) is 4.21. The van der Waals surface area contributed by atoms with E-state index in [1.165, 1.54) is 0 Å². The Bertz CT molecular complexity index is 439. The predicted octanol–water partition coefficient (Wildman–Crippen LogP) is 1.66. The molecule has 5 heteroatoms. The summed E-state index contributed by atoms with van der Waals surface area (Å²) in [5, 5.41) is 12.3. The molecule has 1 aromatic carbocycles. The van der Waals surface area contributed by atoms with Gasteiger partial charge in [-0.1, -0.05) is 6.07 Å². The predicted molar refractivity (Wildman–Crippen MR) is 71.8 cm³/mol. The minimum atomic E-state index is -0.298. The average molecular weight is 264 g/mol. The maximum atomic E-state index is 9.03. The Balaban J connectivity index is 2.66. The average Bonchev–Trinajstić information content (AvgIpc) is 2.45. The first-order valence-corrected chi connectivity index (χ1v) is 6.02. The lowest BCUT2D eigenvalue weighted by Gasteiger charge is -2.22. The summed E-state index contributed by atoms with van der Waals surface area (Å²) < 4.78 is 15.5. The number of nitriles is 1. The van der Waals surface area contributed by atoms with Gasteiger partial charge in [-0.2, -0.15) is 5.26 Å². The molecule has 104 valence electrons. The first-order chi connectivity index (χ1) is 9.15. The van der Waals surface area contributed by atoms with Gasteiger partial charge in [-0.3, -0.25) is 0 Å². The molecule has 0 aromatic heterocycles. The molecule has 0 fully saturated rings. The van der Waals surface area contributed by atoms with Crippen molar-refractivity contribution in [3.8, 4) is 11.8 Å². The highest BCUT2D eigenvalue weighted by Gasteiger charge is 2.15. The van der Waals surface area contributed by atoms with E-state index in [1.807, 2.05) is 19.1 Å². The van der Waals surface area contributed by atoms with Crippen molar-refractivity contribution in [1.82, 2.24) is 5.32 Å². The molecule has 0 radical (unpaired) electrons. The van der Waals surface area contributed by atoms with Crippen molar-refractivity contribution in [2.45, 2.75) is 25.8 Å². The first-order valence-electron chi connectivity index (χ1n) is 6.02. The van der Waals surface area contributed by atoms with E-state index >= 15 is 0 Å². The molecule has 0 heterocycles. The summed E-state index contributed by atoms with van der Waals surface area (Å²) in [5.41, 5.74) is 1.54. The number of hydrogen-bond donors (Lipinski definition) is 1. The second-order valence-electron chi connectivity index (χ2n) is 4.16. The van der Waals surface area contributed by atoms with E-state index in [0.29, 0.717) is 17.9 Å². The lowest BCUT2D eigenvalue weighted by molar-refractivity contribution is -0.119. The second-order valence-corrected chi connectivity index (χ2v) is 4.16. The van der Waals surface area contributed by atoms with E-state index in [9.17, 15) is 0 Å². The standard InChI is InChI=1S/C14H20N2O3/c1-10(14(18-3)19-4)16-9-11-5-6-13(17-2)12(7-11)8-15/h5-7,10,14,16H,9H2,1-4H3. The third-order valence-electron chi connectivity index (χ3n) is 2.89. The van der Waals surface area contributed by atoms with Gasteiger partial charge in [-0.15, -0.1) is 0 Å². The van der Waals surface area contributed by atoms with Gasteiger partial charge in [-0.05, 0) is 24.6 Å². The Kier molecular flexibility index (Phi) is 6.30. The Morgan fingerprint density at radius 2 is 1.95 bits per heavy atom. The molecule has 0 aliphatic heterocycles. The molecule has 5 nitrogen and oxygen atoms in total. The zero-order valence-electron chi connectivity index (χ0n) is 11.8. The molecule has 1 aromatic rings. The minimum absolute atomic E-state index is 0.0441. The van der Waals surface area contributed by atoms with Crippen LogP contribution in [0.25, 0.3) is 0 Å². The van der Waals surface area contributed by atoms with E-state index in [4.69, 9.17) is 19.5 Å². The van der Waals surface area contributed by atoms with Crippen LogP contribution in [0.4, 0.5) is 0 Å². The molecule has 1 rings (SSSR count). The lowest BCUT2D eigenvalue weighted by Crippen LogP contribution is -2.39. The van der Waals surface area contributed by atoms with Crippen LogP contribution in [-0.4, -0.2) is 33.7 Å². The van der Waals surface area contributed by atoms with Crippen LogP contribution in [0.5, 0.6) is 5.75 Å². The van der Waals surface area contributed by atoms with Crippen LogP contribution in [0.1, 0.15) is 18.1 Å². The molecular weight excluding hydrogens is 244 g/mol. The molecule has 1 atom stereocenters. The molecule has 1 N–H and O–H groups in total. The number of methoxy groups -OCH3 is 3. The van der Waals surface area contributed by atoms with Crippen molar-refractivity contribution in [2.75, 3.05) is 21.3 Å². The summed E-state index contributed by atoms with van der Waals surface area (Å²) in [6.45, 7) is 2.61. The van der Waals surface area contributed by atoms with Crippen molar-refractivity contribution >= 4 is 0 Å². The van der Waals surface area contributed by atoms with E-state index in [1.54, 1.807) is 27.4 Å². The highest BCUT2D eigenvalue weighted by Crippen LogP contribution is 2.18. The lowest BCUT2D eigenvalue weighted by atomic mass is 10.1. The molecular formula is C14H20N2O3. The Morgan fingerprint density at radius 3 is 2.47 bits per heavy atom. The van der Waals surface area contributed by atoms with Crippen LogP contribution in [0.3, 0.4) is 0 Å². The maximum Gasteiger partial charge on any atom is 0.171 e. The Labute approximate surface area is 114 Å². The largest absolute Gasteiger partial charge is 0.495 e. The van der Waals surface area contributed by atoms with Gasteiger partial charge < -0.3 is 19.5 Å². The van der Waals surface area contributed by atoms with E-state index in [2.05, 4.69) is 11.4 Å². The summed E-state index contributed by atoms with van der Waals surface area (Å²) in [6.07, 6.45) is -0.298. The van der Waals surface area contributed by atoms with Gasteiger partial charge in [0.15, 0.2) is 6.29 Å². The van der Waals surface area contributed by atoms with Crippen LogP contribution >= 0.6 is 0 Å². The fraction of sp³-hybridized carbons (Fsp3) is 0.500. The quantitative estimate of drug-likeness (QED) is 0.759. The van der Waals surface area contributed by atoms with Crippen molar-refractivity contribution in [1.29, 1.82) is 5.26 Å². The summed E-state index contributed by atoms with van der Waals surface area (Å²) in [4.78, 5) is 0. The fourth-order valence-corrected chi connectivity index (χ4v) is 1.83. The van der Waals surface area contributed by atoms with Crippen LogP contribution < -0.4 is 10.1 Å². The molecule has 0 bridgehead atoms. The number of hydrogen-bond acceptors (Lipinski definition) is 5. The van der Waals surface area contributed by atoms with Crippen LogP contribution in [0.15, 0.2) is 18.2 Å².